The molecule has 2 nitrogen and oxygen atoms in total. The van der Waals surface area contributed by atoms with Crippen LogP contribution in [0, 0.1) is 0 Å². The van der Waals surface area contributed by atoms with Crippen LogP contribution in [0.5, 0.6) is 0 Å². The summed E-state index contributed by atoms with van der Waals surface area (Å²) in [4.78, 5) is 0. The fourth-order valence-electron chi connectivity index (χ4n) is 7.25. The highest BCUT2D eigenvalue weighted by Gasteiger charge is 2.29. The zero-order valence-corrected chi connectivity index (χ0v) is 31.5. The number of nitrogens with two attached hydrogens (primary N) is 2. The smallest absolute Gasteiger partial charge is 1.00 e. The molecule has 0 heterocycles. The lowest BCUT2D eigenvalue weighted by Crippen LogP contribution is -3.00. The maximum atomic E-state index is 6.61. The average Bonchev–Trinajstić information content (AvgIpc) is 3.19. The lowest BCUT2D eigenvalue weighted by Gasteiger charge is -2.30. The number of rotatable bonds is 9. The first-order valence-corrected chi connectivity index (χ1v) is 19.8. The van der Waals surface area contributed by atoms with Crippen LogP contribution in [0.4, 0.5) is 0 Å². The van der Waals surface area contributed by atoms with E-state index in [1.54, 1.807) is 0 Å². The van der Waals surface area contributed by atoms with Crippen molar-refractivity contribution in [2.75, 3.05) is 0 Å². The van der Waals surface area contributed by atoms with Gasteiger partial charge in [0.15, 0.2) is 0 Å². The van der Waals surface area contributed by atoms with Gasteiger partial charge in [0.05, 0.1) is 0 Å². The van der Waals surface area contributed by atoms with E-state index in [2.05, 4.69) is 182 Å². The Hall–Kier alpha value is -4.46. The van der Waals surface area contributed by atoms with E-state index in [-0.39, 0.29) is 18.4 Å². The molecule has 0 bridgehead atoms. The molecule has 5 heteroatoms. The van der Waals surface area contributed by atoms with Crippen molar-refractivity contribution in [1.82, 2.24) is 0 Å². The fourth-order valence-corrected chi connectivity index (χ4v) is 12.3. The molecule has 0 amide bonds. The molecule has 0 saturated carbocycles. The van der Waals surface area contributed by atoms with E-state index in [1.807, 2.05) is 0 Å². The topological polar surface area (TPSA) is 52.0 Å². The molecular formula is C46H39BrN2P2. The van der Waals surface area contributed by atoms with Crippen molar-refractivity contribution in [1.29, 1.82) is 0 Å². The Kier molecular flexibility index (Phi) is 10.9. The van der Waals surface area contributed by atoms with Crippen LogP contribution in [0.15, 0.2) is 182 Å². The summed E-state index contributed by atoms with van der Waals surface area (Å²) < 4.78 is 0. The molecule has 0 aromatic heterocycles. The lowest BCUT2D eigenvalue weighted by atomic mass is 9.90. The second-order valence-corrected chi connectivity index (χ2v) is 16.7. The molecule has 0 aliphatic rings. The molecule has 8 aromatic carbocycles. The van der Waals surface area contributed by atoms with Crippen molar-refractivity contribution in [3.63, 3.8) is 0 Å². The number of benzene rings is 8. The predicted molar refractivity (Wildman–Crippen MR) is 221 cm³/mol. The predicted octanol–water partition coefficient (Wildman–Crippen LogP) is 5.21. The molecule has 8 rings (SSSR count). The maximum Gasteiger partial charge on any atom is 1.00 e. The number of hydrogen-bond acceptors (Lipinski definition) is 2. The second-order valence-electron chi connectivity index (χ2n) is 12.4. The normalized spacial score (nSPS) is 11.3. The van der Waals surface area contributed by atoms with Gasteiger partial charge in [0, 0.05) is 13.1 Å². The molecule has 0 aliphatic carbocycles. The van der Waals surface area contributed by atoms with E-state index in [0.717, 1.165) is 11.1 Å². The molecule has 8 aromatic rings. The van der Waals surface area contributed by atoms with Crippen LogP contribution in [-0.4, -0.2) is 0 Å². The highest BCUT2D eigenvalue weighted by atomic mass is 79.9. The van der Waals surface area contributed by atoms with Gasteiger partial charge < -0.3 is 28.4 Å². The molecule has 0 atom stereocenters. The summed E-state index contributed by atoms with van der Waals surface area (Å²) in [5.74, 6) is 0. The standard InChI is InChI=1S/C46H38N2P2.BrH/c47-31-33-29-43(49(35-17-5-1-6-18-35)36-19-7-2-8-20-36)45(41-27-15-13-25-39(33)41)46-42-28-16-14-26-40(42)34(32-48)30-44(46)50(37-21-9-3-10-22-37)38-23-11-4-12-24-38;/h1-30H,31-32,47-48H2;1H. The van der Waals surface area contributed by atoms with Crippen LogP contribution in [0.2, 0.25) is 0 Å². The van der Waals surface area contributed by atoms with Crippen molar-refractivity contribution in [3.8, 4) is 11.1 Å². The summed E-state index contributed by atoms with van der Waals surface area (Å²) in [6, 6.07) is 66.6. The summed E-state index contributed by atoms with van der Waals surface area (Å²) in [5, 5.41) is 12.7. The number of hydrogen-bond donors (Lipinski definition) is 2. The Morgan fingerprint density at radius 3 is 0.882 bits per heavy atom. The third-order valence-electron chi connectivity index (χ3n) is 9.45. The van der Waals surface area contributed by atoms with Crippen LogP contribution in [0.25, 0.3) is 32.7 Å². The van der Waals surface area contributed by atoms with Gasteiger partial charge in [0.25, 0.3) is 0 Å². The van der Waals surface area contributed by atoms with E-state index in [9.17, 15) is 0 Å². The molecular weight excluding hydrogens is 722 g/mol. The van der Waals surface area contributed by atoms with Crippen molar-refractivity contribution in [2.45, 2.75) is 13.1 Å². The van der Waals surface area contributed by atoms with Gasteiger partial charge in [-0.15, -0.1) is 0 Å². The zero-order chi connectivity index (χ0) is 33.9. The molecule has 0 spiro atoms. The summed E-state index contributed by atoms with van der Waals surface area (Å²) in [6.07, 6.45) is 0. The molecule has 0 fully saturated rings. The van der Waals surface area contributed by atoms with Crippen LogP contribution in [0.3, 0.4) is 0 Å². The van der Waals surface area contributed by atoms with Crippen molar-refractivity contribution in [3.05, 3.63) is 193 Å². The summed E-state index contributed by atoms with van der Waals surface area (Å²) in [5.41, 5.74) is 18.1. The van der Waals surface area contributed by atoms with Crippen LogP contribution >= 0.6 is 15.8 Å². The SMILES string of the molecule is NCc1cc(P(c2ccccc2)c2ccccc2)c(-c2c(P(c3ccccc3)c3ccccc3)cc(CN)c3ccccc23)c2ccccc12.[Br-].[H+]. The van der Waals surface area contributed by atoms with Gasteiger partial charge >= 0.3 is 1.43 Å². The fraction of sp³-hybridized carbons (Fsp3) is 0.0435. The van der Waals surface area contributed by atoms with E-state index in [4.69, 9.17) is 11.5 Å². The number of fused-ring (bicyclic) bond motifs is 2. The molecule has 0 aliphatic heterocycles. The molecule has 51 heavy (non-hydrogen) atoms. The number of halogens is 1. The van der Waals surface area contributed by atoms with Crippen LogP contribution < -0.4 is 60.3 Å². The largest absolute Gasteiger partial charge is 1.00 e. The first-order chi connectivity index (χ1) is 24.8. The highest BCUT2D eigenvalue weighted by molar-refractivity contribution is 7.80. The highest BCUT2D eigenvalue weighted by Crippen LogP contribution is 2.46. The Morgan fingerprint density at radius 2 is 0.608 bits per heavy atom. The van der Waals surface area contributed by atoms with E-state index >= 15 is 0 Å². The van der Waals surface area contributed by atoms with Gasteiger partial charge in [0.2, 0.25) is 0 Å². The Morgan fingerprint density at radius 1 is 0.353 bits per heavy atom. The van der Waals surface area contributed by atoms with E-state index < -0.39 is 15.8 Å². The van der Waals surface area contributed by atoms with Crippen molar-refractivity contribution >= 4 is 69.2 Å². The maximum absolute atomic E-state index is 6.61. The molecule has 0 radical (unpaired) electrons. The third-order valence-corrected chi connectivity index (χ3v) is 14.4. The third kappa shape index (κ3) is 6.70. The minimum atomic E-state index is -0.965. The van der Waals surface area contributed by atoms with Gasteiger partial charge in [-0.3, -0.25) is 0 Å². The average molecular weight is 762 g/mol. The van der Waals surface area contributed by atoms with Gasteiger partial charge in [-0.2, -0.15) is 0 Å². The van der Waals surface area contributed by atoms with Crippen LogP contribution in [-0.2, 0) is 13.1 Å². The zero-order valence-electron chi connectivity index (χ0n) is 29.2. The Balaban J connectivity index is 0.00000232. The van der Waals surface area contributed by atoms with Gasteiger partial charge in [-0.25, -0.2) is 0 Å². The first kappa shape index (κ1) is 35.0. The lowest BCUT2D eigenvalue weighted by molar-refractivity contribution is -0.00000942. The molecule has 0 unspecified atom stereocenters. The van der Waals surface area contributed by atoms with E-state index in [0.29, 0.717) is 13.1 Å². The molecule has 4 N–H and O–H groups in total. The quantitative estimate of drug-likeness (QED) is 0.199. The summed E-state index contributed by atoms with van der Waals surface area (Å²) >= 11 is 0. The Bertz CT molecular complexity index is 2160. The first-order valence-electron chi connectivity index (χ1n) is 17.1. The summed E-state index contributed by atoms with van der Waals surface area (Å²) in [6.45, 7) is 0.919. The van der Waals surface area contributed by atoms with Crippen LogP contribution in [0.1, 0.15) is 12.6 Å². The molecule has 0 saturated heterocycles. The monoisotopic (exact) mass is 760 g/mol. The van der Waals surface area contributed by atoms with E-state index in [1.165, 1.54) is 64.5 Å². The molecule has 250 valence electrons. The van der Waals surface area contributed by atoms with Gasteiger partial charge in [0.1, 0.15) is 0 Å². The van der Waals surface area contributed by atoms with Crippen molar-refractivity contribution in [2.24, 2.45) is 11.5 Å². The van der Waals surface area contributed by atoms with Crippen molar-refractivity contribution < 1.29 is 18.4 Å². The minimum absolute atomic E-state index is 0. The van der Waals surface area contributed by atoms with Gasteiger partial charge in [-0.05, 0) is 104 Å². The second kappa shape index (κ2) is 15.8. The van der Waals surface area contributed by atoms with Gasteiger partial charge in [-0.1, -0.05) is 170 Å². The Labute approximate surface area is 314 Å². The summed E-state index contributed by atoms with van der Waals surface area (Å²) in [7, 11) is -1.93. The minimum Gasteiger partial charge on any atom is -1.00 e.